The topological polar surface area (TPSA) is 74.5 Å². The number of hydrogen-bond donors (Lipinski definition) is 1. The van der Waals surface area contributed by atoms with E-state index in [1.165, 1.54) is 0 Å². The number of nitrogens with zero attached hydrogens (tertiary/aromatic N) is 7. The van der Waals surface area contributed by atoms with Crippen LogP contribution in [0, 0.1) is 0 Å². The summed E-state index contributed by atoms with van der Waals surface area (Å²) < 4.78 is 1.89. The van der Waals surface area contributed by atoms with Crippen LogP contribution < -0.4 is 10.2 Å². The van der Waals surface area contributed by atoms with E-state index in [1.807, 2.05) is 60.5 Å². The quantitative estimate of drug-likeness (QED) is 0.334. The van der Waals surface area contributed by atoms with Crippen LogP contribution in [0.4, 0.5) is 5.95 Å². The lowest BCUT2D eigenvalue weighted by Crippen LogP contribution is -2.52. The molecule has 29 heavy (non-hydrogen) atoms. The molecule has 152 valence electrons. The normalized spacial score (nSPS) is 14.4. The zero-order valence-electron chi connectivity index (χ0n) is 16.3. The number of aromatic nitrogens is 4. The third-order valence-corrected chi connectivity index (χ3v) is 4.73. The van der Waals surface area contributed by atoms with Crippen LogP contribution in [0.25, 0.3) is 5.69 Å². The van der Waals surface area contributed by atoms with Gasteiger partial charge in [0.1, 0.15) is 0 Å². The van der Waals surface area contributed by atoms with E-state index in [9.17, 15) is 0 Å². The van der Waals surface area contributed by atoms with Crippen LogP contribution in [0.2, 0.25) is 0 Å². The van der Waals surface area contributed by atoms with Gasteiger partial charge in [-0.2, -0.15) is 5.10 Å². The van der Waals surface area contributed by atoms with E-state index in [4.69, 9.17) is 0 Å². The van der Waals surface area contributed by atoms with Gasteiger partial charge in [0.2, 0.25) is 5.95 Å². The average molecular weight is 504 g/mol. The first-order chi connectivity index (χ1) is 13.8. The van der Waals surface area contributed by atoms with E-state index in [0.29, 0.717) is 6.54 Å². The van der Waals surface area contributed by atoms with Crippen molar-refractivity contribution in [1.29, 1.82) is 0 Å². The van der Waals surface area contributed by atoms with Crippen molar-refractivity contribution >= 4 is 35.9 Å². The van der Waals surface area contributed by atoms with Gasteiger partial charge in [-0.15, -0.1) is 24.0 Å². The van der Waals surface area contributed by atoms with Crippen LogP contribution in [0.15, 0.2) is 66.2 Å². The van der Waals surface area contributed by atoms with Crippen molar-refractivity contribution in [2.45, 2.75) is 6.54 Å². The fraction of sp³-hybridized carbons (Fsp3) is 0.300. The van der Waals surface area contributed by atoms with Gasteiger partial charge in [0.15, 0.2) is 5.96 Å². The zero-order valence-corrected chi connectivity index (χ0v) is 18.7. The van der Waals surface area contributed by atoms with E-state index < -0.39 is 0 Å². The molecule has 9 heteroatoms. The molecule has 0 aliphatic carbocycles. The summed E-state index contributed by atoms with van der Waals surface area (Å²) in [4.78, 5) is 17.6. The summed E-state index contributed by atoms with van der Waals surface area (Å²) >= 11 is 0. The molecule has 1 aromatic carbocycles. The lowest BCUT2D eigenvalue weighted by atomic mass is 10.3. The summed E-state index contributed by atoms with van der Waals surface area (Å²) in [6.45, 7) is 4.18. The molecule has 1 aliphatic rings. The molecule has 1 N–H and O–H groups in total. The zero-order chi connectivity index (χ0) is 19.2. The molecule has 0 saturated carbocycles. The highest BCUT2D eigenvalue weighted by atomic mass is 127. The van der Waals surface area contributed by atoms with E-state index in [1.54, 1.807) is 12.4 Å². The summed E-state index contributed by atoms with van der Waals surface area (Å²) in [6, 6.07) is 11.9. The van der Waals surface area contributed by atoms with Crippen molar-refractivity contribution in [3.05, 3.63) is 66.7 Å². The van der Waals surface area contributed by atoms with Crippen molar-refractivity contribution in [3.63, 3.8) is 0 Å². The van der Waals surface area contributed by atoms with Gasteiger partial charge in [-0.05, 0) is 18.2 Å². The Balaban J connectivity index is 0.00000240. The molecule has 0 radical (unpaired) electrons. The summed E-state index contributed by atoms with van der Waals surface area (Å²) in [5.41, 5.74) is 2.17. The predicted octanol–water partition coefficient (Wildman–Crippen LogP) is 2.18. The Hall–Kier alpha value is -2.69. The maximum atomic E-state index is 4.45. The molecule has 0 bridgehead atoms. The second-order valence-corrected chi connectivity index (χ2v) is 6.55. The third-order valence-electron chi connectivity index (χ3n) is 4.73. The fourth-order valence-electron chi connectivity index (χ4n) is 3.26. The standard InChI is InChI=1S/C20H24N8.HI/c1-21-19(26-10-12-27(13-11-26)20-22-8-5-9-23-20)24-14-17-15-25-28(16-17)18-6-3-2-4-7-18;/h2-9,15-16H,10-14H2,1H3,(H,21,24);1H. The number of benzene rings is 1. The van der Waals surface area contributed by atoms with Gasteiger partial charge in [-0.25, -0.2) is 14.6 Å². The minimum Gasteiger partial charge on any atom is -0.352 e. The van der Waals surface area contributed by atoms with Gasteiger partial charge in [0.25, 0.3) is 0 Å². The molecule has 1 fully saturated rings. The van der Waals surface area contributed by atoms with Crippen molar-refractivity contribution in [2.75, 3.05) is 38.1 Å². The molecular weight excluding hydrogens is 479 g/mol. The first-order valence-corrected chi connectivity index (χ1v) is 9.40. The molecule has 1 aliphatic heterocycles. The van der Waals surface area contributed by atoms with Gasteiger partial charge >= 0.3 is 0 Å². The van der Waals surface area contributed by atoms with E-state index >= 15 is 0 Å². The van der Waals surface area contributed by atoms with E-state index in [2.05, 4.69) is 35.2 Å². The summed E-state index contributed by atoms with van der Waals surface area (Å²) in [7, 11) is 1.82. The maximum Gasteiger partial charge on any atom is 0.225 e. The first-order valence-electron chi connectivity index (χ1n) is 9.40. The number of hydrogen-bond acceptors (Lipinski definition) is 5. The number of aliphatic imine (C=N–C) groups is 1. The average Bonchev–Trinajstić information content (AvgIpc) is 3.25. The molecule has 1 saturated heterocycles. The van der Waals surface area contributed by atoms with E-state index in [-0.39, 0.29) is 24.0 Å². The largest absolute Gasteiger partial charge is 0.352 e. The fourth-order valence-corrected chi connectivity index (χ4v) is 3.26. The minimum atomic E-state index is 0. The van der Waals surface area contributed by atoms with Crippen molar-refractivity contribution in [2.24, 2.45) is 4.99 Å². The minimum absolute atomic E-state index is 0. The molecular formula is C20H25IN8. The van der Waals surface area contributed by atoms with Gasteiger partial charge in [0, 0.05) is 63.9 Å². The van der Waals surface area contributed by atoms with Crippen molar-refractivity contribution in [3.8, 4) is 5.69 Å². The molecule has 0 atom stereocenters. The Kier molecular flexibility index (Phi) is 7.39. The number of halogens is 1. The molecule has 0 amide bonds. The second-order valence-electron chi connectivity index (χ2n) is 6.55. The van der Waals surface area contributed by atoms with E-state index in [0.717, 1.165) is 49.3 Å². The Labute approximate surface area is 187 Å². The Morgan fingerprint density at radius 2 is 1.76 bits per heavy atom. The molecule has 0 spiro atoms. The second kappa shape index (κ2) is 10.2. The third kappa shape index (κ3) is 5.22. The molecule has 3 aromatic rings. The highest BCUT2D eigenvalue weighted by Gasteiger charge is 2.21. The Bertz CT molecular complexity index is 905. The molecule has 8 nitrogen and oxygen atoms in total. The highest BCUT2D eigenvalue weighted by Crippen LogP contribution is 2.11. The van der Waals surface area contributed by atoms with Crippen LogP contribution >= 0.6 is 24.0 Å². The monoisotopic (exact) mass is 504 g/mol. The number of anilines is 1. The summed E-state index contributed by atoms with van der Waals surface area (Å²) in [6.07, 6.45) is 7.49. The summed E-state index contributed by atoms with van der Waals surface area (Å²) in [5, 5.41) is 7.90. The van der Waals surface area contributed by atoms with Crippen LogP contribution in [0.5, 0.6) is 0 Å². The molecule has 2 aromatic heterocycles. The van der Waals surface area contributed by atoms with Gasteiger partial charge in [-0.1, -0.05) is 18.2 Å². The Morgan fingerprint density at radius 1 is 1.03 bits per heavy atom. The van der Waals surface area contributed by atoms with Crippen molar-refractivity contribution < 1.29 is 0 Å². The molecule has 3 heterocycles. The number of piperazine rings is 1. The number of nitrogens with one attached hydrogen (secondary N) is 1. The number of para-hydroxylation sites is 1. The van der Waals surface area contributed by atoms with Crippen LogP contribution in [0.3, 0.4) is 0 Å². The molecule has 4 rings (SSSR count). The highest BCUT2D eigenvalue weighted by molar-refractivity contribution is 14.0. The van der Waals surface area contributed by atoms with Gasteiger partial charge in [0.05, 0.1) is 11.9 Å². The summed E-state index contributed by atoms with van der Waals surface area (Å²) in [5.74, 6) is 1.69. The lowest BCUT2D eigenvalue weighted by molar-refractivity contribution is 0.370. The maximum absolute atomic E-state index is 4.45. The Morgan fingerprint density at radius 3 is 2.45 bits per heavy atom. The molecule has 0 unspecified atom stereocenters. The number of rotatable bonds is 4. The van der Waals surface area contributed by atoms with Crippen LogP contribution in [-0.2, 0) is 6.54 Å². The van der Waals surface area contributed by atoms with Crippen LogP contribution in [-0.4, -0.2) is 63.8 Å². The predicted molar refractivity (Wildman–Crippen MR) is 125 cm³/mol. The number of guanidine groups is 1. The smallest absolute Gasteiger partial charge is 0.225 e. The first kappa shape index (κ1) is 21.0. The van der Waals surface area contributed by atoms with Gasteiger partial charge < -0.3 is 15.1 Å². The van der Waals surface area contributed by atoms with Gasteiger partial charge in [-0.3, -0.25) is 4.99 Å². The lowest BCUT2D eigenvalue weighted by Gasteiger charge is -2.36. The van der Waals surface area contributed by atoms with Crippen molar-refractivity contribution in [1.82, 2.24) is 30.0 Å². The van der Waals surface area contributed by atoms with Crippen LogP contribution in [0.1, 0.15) is 5.56 Å². The SMILES string of the molecule is CN=C(NCc1cnn(-c2ccccc2)c1)N1CCN(c2ncccn2)CC1.I.